The lowest BCUT2D eigenvalue weighted by Gasteiger charge is -2.13. The van der Waals surface area contributed by atoms with E-state index in [1.807, 2.05) is 32.0 Å². The summed E-state index contributed by atoms with van der Waals surface area (Å²) in [4.78, 5) is 35.2. The van der Waals surface area contributed by atoms with Crippen LogP contribution >= 0.6 is 0 Å². The highest BCUT2D eigenvalue weighted by molar-refractivity contribution is 6.10. The Morgan fingerprint density at radius 1 is 0.885 bits per heavy atom. The largest absolute Gasteiger partial charge is 0.481 e. The number of anilines is 2. The molecule has 0 radical (unpaired) electrons. The first-order chi connectivity index (χ1) is 12.4. The molecule has 2 amide bonds. The van der Waals surface area contributed by atoms with Gasteiger partial charge in [-0.25, -0.2) is 0 Å². The van der Waals surface area contributed by atoms with Gasteiger partial charge in [0.2, 0.25) is 5.91 Å². The molecule has 0 aliphatic carbocycles. The van der Waals surface area contributed by atoms with E-state index in [4.69, 9.17) is 5.11 Å². The normalized spacial score (nSPS) is 10.2. The second kappa shape index (κ2) is 8.80. The van der Waals surface area contributed by atoms with Gasteiger partial charge in [0.05, 0.1) is 11.3 Å². The summed E-state index contributed by atoms with van der Waals surface area (Å²) < 4.78 is 0. The highest BCUT2D eigenvalue weighted by atomic mass is 16.4. The van der Waals surface area contributed by atoms with Crippen LogP contribution in [0, 0.1) is 13.8 Å². The quantitative estimate of drug-likeness (QED) is 0.705. The number of hydrogen-bond donors (Lipinski definition) is 3. The molecule has 0 aliphatic heterocycles. The molecule has 2 rings (SSSR count). The van der Waals surface area contributed by atoms with Crippen LogP contribution in [0.4, 0.5) is 11.4 Å². The van der Waals surface area contributed by atoms with Crippen LogP contribution in [-0.2, 0) is 9.59 Å². The van der Waals surface area contributed by atoms with E-state index in [2.05, 4.69) is 10.6 Å². The van der Waals surface area contributed by atoms with Gasteiger partial charge in [-0.05, 0) is 49.6 Å². The molecule has 3 N–H and O–H groups in total. The molecule has 136 valence electrons. The van der Waals surface area contributed by atoms with Gasteiger partial charge in [-0.2, -0.15) is 0 Å². The van der Waals surface area contributed by atoms with Gasteiger partial charge in [0, 0.05) is 18.5 Å². The van der Waals surface area contributed by atoms with Crippen LogP contribution in [-0.4, -0.2) is 22.9 Å². The van der Waals surface area contributed by atoms with Crippen LogP contribution in [0.1, 0.15) is 40.7 Å². The number of rotatable bonds is 7. The maximum Gasteiger partial charge on any atom is 0.303 e. The van der Waals surface area contributed by atoms with Gasteiger partial charge in [-0.15, -0.1) is 0 Å². The summed E-state index contributed by atoms with van der Waals surface area (Å²) in [7, 11) is 0. The van der Waals surface area contributed by atoms with Crippen molar-refractivity contribution in [2.75, 3.05) is 10.6 Å². The van der Waals surface area contributed by atoms with E-state index < -0.39 is 5.97 Å². The zero-order valence-corrected chi connectivity index (χ0v) is 14.8. The Morgan fingerprint density at radius 3 is 2.31 bits per heavy atom. The SMILES string of the molecule is Cc1cccc(NC(=O)c2ccccc2NC(=O)CCCC(=O)O)c1C. The van der Waals surface area contributed by atoms with E-state index >= 15 is 0 Å². The average molecular weight is 354 g/mol. The smallest absolute Gasteiger partial charge is 0.303 e. The maximum absolute atomic E-state index is 12.6. The van der Waals surface area contributed by atoms with E-state index in [-0.39, 0.29) is 31.1 Å². The van der Waals surface area contributed by atoms with Crippen LogP contribution in [0.2, 0.25) is 0 Å². The molecule has 0 saturated heterocycles. The van der Waals surface area contributed by atoms with Crippen molar-refractivity contribution in [2.24, 2.45) is 0 Å². The maximum atomic E-state index is 12.6. The predicted molar refractivity (Wildman–Crippen MR) is 100 cm³/mol. The molecule has 2 aromatic rings. The second-order valence-corrected chi connectivity index (χ2v) is 6.04. The monoisotopic (exact) mass is 354 g/mol. The molecule has 0 bridgehead atoms. The molecular weight excluding hydrogens is 332 g/mol. The van der Waals surface area contributed by atoms with Crippen molar-refractivity contribution in [3.63, 3.8) is 0 Å². The number of aryl methyl sites for hydroxylation is 1. The molecule has 2 aromatic carbocycles. The van der Waals surface area contributed by atoms with Crippen LogP contribution in [0.5, 0.6) is 0 Å². The first-order valence-electron chi connectivity index (χ1n) is 8.36. The van der Waals surface area contributed by atoms with E-state index in [9.17, 15) is 14.4 Å². The van der Waals surface area contributed by atoms with Crippen LogP contribution in [0.25, 0.3) is 0 Å². The molecule has 6 heteroatoms. The lowest BCUT2D eigenvalue weighted by molar-refractivity contribution is -0.137. The van der Waals surface area contributed by atoms with E-state index in [1.54, 1.807) is 24.3 Å². The summed E-state index contributed by atoms with van der Waals surface area (Å²) in [5, 5.41) is 14.2. The first-order valence-corrected chi connectivity index (χ1v) is 8.36. The Morgan fingerprint density at radius 2 is 1.58 bits per heavy atom. The number of carbonyl (C=O) groups excluding carboxylic acids is 2. The van der Waals surface area contributed by atoms with Gasteiger partial charge in [-0.1, -0.05) is 24.3 Å². The zero-order valence-electron chi connectivity index (χ0n) is 14.8. The topological polar surface area (TPSA) is 95.5 Å². The number of aliphatic carboxylic acids is 1. The summed E-state index contributed by atoms with van der Waals surface area (Å²) >= 11 is 0. The number of hydrogen-bond acceptors (Lipinski definition) is 3. The fraction of sp³-hybridized carbons (Fsp3) is 0.250. The second-order valence-electron chi connectivity index (χ2n) is 6.04. The molecule has 0 heterocycles. The fourth-order valence-corrected chi connectivity index (χ4v) is 2.48. The molecule has 0 spiro atoms. The van der Waals surface area contributed by atoms with Crippen molar-refractivity contribution in [2.45, 2.75) is 33.1 Å². The van der Waals surface area contributed by atoms with Gasteiger partial charge < -0.3 is 15.7 Å². The van der Waals surface area contributed by atoms with E-state index in [0.717, 1.165) is 16.8 Å². The van der Waals surface area contributed by atoms with Crippen molar-refractivity contribution in [3.05, 3.63) is 59.2 Å². The van der Waals surface area contributed by atoms with Gasteiger partial charge >= 0.3 is 5.97 Å². The number of carboxylic acid groups (broad SMARTS) is 1. The van der Waals surface area contributed by atoms with E-state index in [1.165, 1.54) is 0 Å². The fourth-order valence-electron chi connectivity index (χ4n) is 2.48. The minimum atomic E-state index is -0.939. The molecule has 26 heavy (non-hydrogen) atoms. The number of para-hydroxylation sites is 1. The van der Waals surface area contributed by atoms with Crippen molar-refractivity contribution < 1.29 is 19.5 Å². The molecule has 0 unspecified atom stereocenters. The highest BCUT2D eigenvalue weighted by Gasteiger charge is 2.14. The number of amides is 2. The standard InChI is InChI=1S/C20H22N2O4/c1-13-7-5-10-16(14(13)2)22-20(26)15-8-3-4-9-17(15)21-18(23)11-6-12-19(24)25/h3-5,7-10H,6,11-12H2,1-2H3,(H,21,23)(H,22,26)(H,24,25). The molecule has 0 aromatic heterocycles. The van der Waals surface area contributed by atoms with Crippen LogP contribution in [0.15, 0.2) is 42.5 Å². The minimum Gasteiger partial charge on any atom is -0.481 e. The number of nitrogens with one attached hydrogen (secondary N) is 2. The summed E-state index contributed by atoms with van der Waals surface area (Å²) in [6.45, 7) is 3.90. The summed E-state index contributed by atoms with van der Waals surface area (Å²) in [6, 6.07) is 12.4. The van der Waals surface area contributed by atoms with Gasteiger partial charge in [0.1, 0.15) is 0 Å². The molecule has 0 aliphatic rings. The zero-order chi connectivity index (χ0) is 19.1. The third kappa shape index (κ3) is 5.17. The van der Waals surface area contributed by atoms with Crippen LogP contribution < -0.4 is 10.6 Å². The Labute approximate surface area is 152 Å². The van der Waals surface area contributed by atoms with Crippen molar-refractivity contribution >= 4 is 29.2 Å². The Kier molecular flexibility index (Phi) is 6.49. The first kappa shape index (κ1) is 19.2. The lowest BCUT2D eigenvalue weighted by atomic mass is 10.1. The number of carbonyl (C=O) groups is 3. The minimum absolute atomic E-state index is 0.0673. The predicted octanol–water partition coefficient (Wildman–Crippen LogP) is 3.75. The molecule has 0 atom stereocenters. The third-order valence-electron chi connectivity index (χ3n) is 4.09. The Balaban J connectivity index is 2.10. The number of benzene rings is 2. The average Bonchev–Trinajstić information content (AvgIpc) is 2.59. The van der Waals surface area contributed by atoms with Crippen LogP contribution in [0.3, 0.4) is 0 Å². The highest BCUT2D eigenvalue weighted by Crippen LogP contribution is 2.21. The lowest BCUT2D eigenvalue weighted by Crippen LogP contribution is -2.18. The van der Waals surface area contributed by atoms with Gasteiger partial charge in [0.25, 0.3) is 5.91 Å². The summed E-state index contributed by atoms with van der Waals surface area (Å²) in [6.07, 6.45) is 0.263. The Hall–Kier alpha value is -3.15. The number of carboxylic acids is 1. The van der Waals surface area contributed by atoms with Crippen molar-refractivity contribution in [1.29, 1.82) is 0 Å². The third-order valence-corrected chi connectivity index (χ3v) is 4.09. The van der Waals surface area contributed by atoms with Gasteiger partial charge in [-0.3, -0.25) is 14.4 Å². The van der Waals surface area contributed by atoms with Crippen molar-refractivity contribution in [1.82, 2.24) is 0 Å². The van der Waals surface area contributed by atoms with Gasteiger partial charge in [0.15, 0.2) is 0 Å². The molecular formula is C20H22N2O4. The molecule has 6 nitrogen and oxygen atoms in total. The van der Waals surface area contributed by atoms with E-state index in [0.29, 0.717) is 11.3 Å². The molecule has 0 fully saturated rings. The summed E-state index contributed by atoms with van der Waals surface area (Å²) in [5.74, 6) is -1.58. The Bertz CT molecular complexity index is 830. The summed E-state index contributed by atoms with van der Waals surface area (Å²) in [5.41, 5.74) is 3.52. The molecule has 0 saturated carbocycles. The van der Waals surface area contributed by atoms with Crippen molar-refractivity contribution in [3.8, 4) is 0 Å².